The first-order valence-electron chi connectivity index (χ1n) is 9.54. The fraction of sp³-hybridized carbons (Fsp3) is 0.524. The van der Waals surface area contributed by atoms with Gasteiger partial charge in [-0.2, -0.15) is 0 Å². The molecule has 2 rings (SSSR count). The van der Waals surface area contributed by atoms with Gasteiger partial charge in [0.25, 0.3) is 0 Å². The molecule has 0 saturated heterocycles. The topological polar surface area (TPSA) is 63.7 Å². The number of hydrogen-bond acceptors (Lipinski definition) is 5. The Morgan fingerprint density at radius 3 is 2.78 bits per heavy atom. The zero-order valence-electron chi connectivity index (χ0n) is 16.8. The molecular formula is C21H31N3O3. The molecule has 1 N–H and O–H groups in total. The summed E-state index contributed by atoms with van der Waals surface area (Å²) in [4.78, 5) is 18.3. The molecule has 0 bridgehead atoms. The number of amides is 1. The molecule has 27 heavy (non-hydrogen) atoms. The van der Waals surface area contributed by atoms with Gasteiger partial charge in [-0.25, -0.2) is 4.79 Å². The largest absolute Gasteiger partial charge is 0.494 e. The highest BCUT2D eigenvalue weighted by atomic mass is 16.6. The number of nitrogens with zero attached hydrogens (tertiary/aromatic N) is 2. The Morgan fingerprint density at radius 2 is 2.04 bits per heavy atom. The number of benzene rings is 1. The summed E-state index contributed by atoms with van der Waals surface area (Å²) < 4.78 is 11.1. The highest BCUT2D eigenvalue weighted by molar-refractivity contribution is 5.79. The van der Waals surface area contributed by atoms with Crippen LogP contribution in [-0.2, 0) is 4.74 Å². The standard InChI is InChI=1S/C21H31N3O3/c1-5-24(14-12-23-20(25)27-21(2,3)4)13-7-15-26-18-9-10-19-17(16-18)8-6-11-22-19/h6,8-11,16H,5,7,12-15H2,1-4H3,(H,23,25). The highest BCUT2D eigenvalue weighted by Gasteiger charge is 2.15. The van der Waals surface area contributed by atoms with Gasteiger partial charge in [-0.3, -0.25) is 4.98 Å². The normalized spacial score (nSPS) is 11.6. The van der Waals surface area contributed by atoms with E-state index in [4.69, 9.17) is 9.47 Å². The predicted molar refractivity (Wildman–Crippen MR) is 108 cm³/mol. The number of likely N-dealkylation sites (N-methyl/N-ethyl adjacent to an activating group) is 1. The Labute approximate surface area is 161 Å². The van der Waals surface area contributed by atoms with Crippen LogP contribution >= 0.6 is 0 Å². The number of carbonyl (C=O) groups is 1. The Balaban J connectivity index is 1.65. The molecule has 148 valence electrons. The number of hydrogen-bond donors (Lipinski definition) is 1. The molecule has 0 spiro atoms. The van der Waals surface area contributed by atoms with Crippen LogP contribution in [0.5, 0.6) is 5.75 Å². The molecule has 1 aromatic carbocycles. The van der Waals surface area contributed by atoms with Crippen molar-refractivity contribution in [1.82, 2.24) is 15.2 Å². The van der Waals surface area contributed by atoms with E-state index in [0.717, 1.165) is 42.7 Å². The maximum Gasteiger partial charge on any atom is 0.407 e. The van der Waals surface area contributed by atoms with E-state index >= 15 is 0 Å². The second-order valence-corrected chi connectivity index (χ2v) is 7.42. The van der Waals surface area contributed by atoms with Gasteiger partial charge in [0, 0.05) is 31.2 Å². The average molecular weight is 373 g/mol. The zero-order valence-corrected chi connectivity index (χ0v) is 16.8. The fourth-order valence-corrected chi connectivity index (χ4v) is 2.68. The maximum atomic E-state index is 11.7. The zero-order chi connectivity index (χ0) is 19.7. The van der Waals surface area contributed by atoms with Gasteiger partial charge in [0.2, 0.25) is 0 Å². The van der Waals surface area contributed by atoms with Crippen molar-refractivity contribution in [2.45, 2.75) is 39.7 Å². The third-order valence-electron chi connectivity index (χ3n) is 4.01. The van der Waals surface area contributed by atoms with Crippen molar-refractivity contribution >= 4 is 17.0 Å². The van der Waals surface area contributed by atoms with Crippen molar-refractivity contribution in [2.24, 2.45) is 0 Å². The molecule has 1 amide bonds. The van der Waals surface area contributed by atoms with Gasteiger partial charge < -0.3 is 19.7 Å². The van der Waals surface area contributed by atoms with Crippen LogP contribution in [0, 0.1) is 0 Å². The third-order valence-corrected chi connectivity index (χ3v) is 4.01. The first kappa shape index (κ1) is 21.0. The van der Waals surface area contributed by atoms with Crippen LogP contribution < -0.4 is 10.1 Å². The summed E-state index contributed by atoms with van der Waals surface area (Å²) in [5.74, 6) is 0.866. The summed E-state index contributed by atoms with van der Waals surface area (Å²) in [6.07, 6.45) is 2.35. The van der Waals surface area contributed by atoms with Crippen molar-refractivity contribution in [2.75, 3.05) is 32.8 Å². The van der Waals surface area contributed by atoms with Crippen LogP contribution in [0.25, 0.3) is 10.9 Å². The second-order valence-electron chi connectivity index (χ2n) is 7.42. The summed E-state index contributed by atoms with van der Waals surface area (Å²) in [7, 11) is 0. The molecule has 0 fully saturated rings. The van der Waals surface area contributed by atoms with E-state index in [1.54, 1.807) is 6.20 Å². The van der Waals surface area contributed by atoms with Crippen molar-refractivity contribution in [3.05, 3.63) is 36.5 Å². The quantitative estimate of drug-likeness (QED) is 0.677. The van der Waals surface area contributed by atoms with E-state index in [1.165, 1.54) is 0 Å². The van der Waals surface area contributed by atoms with E-state index in [1.807, 2.05) is 51.1 Å². The minimum absolute atomic E-state index is 0.368. The van der Waals surface area contributed by atoms with Crippen LogP contribution in [0.15, 0.2) is 36.5 Å². The van der Waals surface area contributed by atoms with Crippen molar-refractivity contribution in [3.8, 4) is 5.75 Å². The molecule has 0 atom stereocenters. The molecular weight excluding hydrogens is 342 g/mol. The lowest BCUT2D eigenvalue weighted by Crippen LogP contribution is -2.38. The van der Waals surface area contributed by atoms with Gasteiger partial charge in [0.1, 0.15) is 11.4 Å². The third kappa shape index (κ3) is 7.83. The molecule has 0 aliphatic heterocycles. The molecule has 2 aromatic rings. The van der Waals surface area contributed by atoms with Crippen LogP contribution in [0.4, 0.5) is 4.79 Å². The van der Waals surface area contributed by atoms with E-state index in [-0.39, 0.29) is 6.09 Å². The number of pyridine rings is 1. The van der Waals surface area contributed by atoms with Crippen molar-refractivity contribution in [1.29, 1.82) is 0 Å². The predicted octanol–water partition coefficient (Wildman–Crippen LogP) is 3.85. The van der Waals surface area contributed by atoms with Crippen LogP contribution in [-0.4, -0.2) is 54.4 Å². The summed E-state index contributed by atoms with van der Waals surface area (Å²) in [6, 6.07) is 9.91. The second kappa shape index (κ2) is 10.1. The molecule has 0 aliphatic rings. The van der Waals surface area contributed by atoms with Gasteiger partial charge in [0.15, 0.2) is 0 Å². The number of rotatable bonds is 9. The number of nitrogens with one attached hydrogen (secondary N) is 1. The van der Waals surface area contributed by atoms with Gasteiger partial charge in [0.05, 0.1) is 12.1 Å². The average Bonchev–Trinajstić information content (AvgIpc) is 2.62. The van der Waals surface area contributed by atoms with Crippen LogP contribution in [0.3, 0.4) is 0 Å². The lowest BCUT2D eigenvalue weighted by molar-refractivity contribution is 0.0522. The van der Waals surface area contributed by atoms with E-state index in [2.05, 4.69) is 22.1 Å². The fourth-order valence-electron chi connectivity index (χ4n) is 2.68. The lowest BCUT2D eigenvalue weighted by atomic mass is 10.2. The van der Waals surface area contributed by atoms with Gasteiger partial charge in [-0.1, -0.05) is 13.0 Å². The van der Waals surface area contributed by atoms with Gasteiger partial charge in [-0.05, 0) is 58.0 Å². The van der Waals surface area contributed by atoms with Gasteiger partial charge in [-0.15, -0.1) is 0 Å². The highest BCUT2D eigenvalue weighted by Crippen LogP contribution is 2.19. The van der Waals surface area contributed by atoms with E-state index in [0.29, 0.717) is 13.2 Å². The van der Waals surface area contributed by atoms with E-state index in [9.17, 15) is 4.79 Å². The number of fused-ring (bicyclic) bond motifs is 1. The number of alkyl carbamates (subject to hydrolysis) is 1. The Hall–Kier alpha value is -2.34. The molecule has 0 radical (unpaired) electrons. The summed E-state index contributed by atoms with van der Waals surface area (Å²) >= 11 is 0. The SMILES string of the molecule is CCN(CCCOc1ccc2ncccc2c1)CCNC(=O)OC(C)(C)C. The molecule has 0 unspecified atom stereocenters. The van der Waals surface area contributed by atoms with Crippen molar-refractivity contribution in [3.63, 3.8) is 0 Å². The first-order valence-corrected chi connectivity index (χ1v) is 9.54. The summed E-state index contributed by atoms with van der Waals surface area (Å²) in [6.45, 7) is 11.6. The molecule has 0 aliphatic carbocycles. The number of ether oxygens (including phenoxy) is 2. The summed E-state index contributed by atoms with van der Waals surface area (Å²) in [5, 5.41) is 3.88. The Bertz CT molecular complexity index is 728. The van der Waals surface area contributed by atoms with E-state index < -0.39 is 5.60 Å². The molecule has 6 heteroatoms. The van der Waals surface area contributed by atoms with Crippen molar-refractivity contribution < 1.29 is 14.3 Å². The Kier molecular flexibility index (Phi) is 7.85. The first-order chi connectivity index (χ1) is 12.9. The lowest BCUT2D eigenvalue weighted by Gasteiger charge is -2.22. The van der Waals surface area contributed by atoms with Crippen LogP contribution in [0.1, 0.15) is 34.1 Å². The Morgan fingerprint density at radius 1 is 1.22 bits per heavy atom. The van der Waals surface area contributed by atoms with Crippen LogP contribution in [0.2, 0.25) is 0 Å². The molecule has 1 heterocycles. The molecule has 6 nitrogen and oxygen atoms in total. The molecule has 1 aromatic heterocycles. The number of carbonyl (C=O) groups excluding carboxylic acids is 1. The van der Waals surface area contributed by atoms with Gasteiger partial charge >= 0.3 is 6.09 Å². The summed E-state index contributed by atoms with van der Waals surface area (Å²) in [5.41, 5.74) is 0.504. The minimum atomic E-state index is -0.468. The maximum absolute atomic E-state index is 11.7. The number of aromatic nitrogens is 1. The minimum Gasteiger partial charge on any atom is -0.494 e. The smallest absolute Gasteiger partial charge is 0.407 e. The monoisotopic (exact) mass is 373 g/mol. The molecule has 0 saturated carbocycles.